The highest BCUT2D eigenvalue weighted by Gasteiger charge is 2.34. The molecule has 37 heavy (non-hydrogen) atoms. The Labute approximate surface area is 233 Å². The van der Waals surface area contributed by atoms with E-state index < -0.39 is 23.2 Å². The Bertz CT molecular complexity index is 1040. The minimum Gasteiger partial charge on any atom is -0.469 e. The van der Waals surface area contributed by atoms with Crippen LogP contribution in [0.15, 0.2) is 45.3 Å². The molecule has 2 aromatic carbocycles. The van der Waals surface area contributed by atoms with Crippen LogP contribution in [0, 0.1) is 11.6 Å². The molecule has 0 saturated carbocycles. The highest BCUT2D eigenvalue weighted by Crippen LogP contribution is 2.34. The lowest BCUT2D eigenvalue weighted by molar-refractivity contribution is -0.222. The summed E-state index contributed by atoms with van der Waals surface area (Å²) in [6.07, 6.45) is 0.985. The molecule has 2 rings (SSSR count). The molecule has 0 aliphatic carbocycles. The summed E-state index contributed by atoms with van der Waals surface area (Å²) < 4.78 is 53.9. The molecule has 0 amide bonds. The van der Waals surface area contributed by atoms with Crippen LogP contribution in [-0.2, 0) is 44.8 Å². The highest BCUT2D eigenvalue weighted by atomic mass is 79.9. The van der Waals surface area contributed by atoms with Gasteiger partial charge >= 0.3 is 5.97 Å². The fourth-order valence-electron chi connectivity index (χ4n) is 3.51. The van der Waals surface area contributed by atoms with E-state index >= 15 is 0 Å². The third kappa shape index (κ3) is 9.19. The third-order valence-corrected chi connectivity index (χ3v) is 7.02. The van der Waals surface area contributed by atoms with Crippen molar-refractivity contribution in [1.82, 2.24) is 0 Å². The van der Waals surface area contributed by atoms with Gasteiger partial charge in [-0.15, -0.1) is 0 Å². The highest BCUT2D eigenvalue weighted by molar-refractivity contribution is 9.10. The number of carbonyl (C=O) groups excluding carboxylic acids is 2. The summed E-state index contributed by atoms with van der Waals surface area (Å²) >= 11 is 6.17. The molecule has 0 unspecified atom stereocenters. The van der Waals surface area contributed by atoms with E-state index in [1.165, 1.54) is 54.6 Å². The van der Waals surface area contributed by atoms with Gasteiger partial charge in [-0.25, -0.2) is 8.78 Å². The molecule has 0 atom stereocenters. The van der Waals surface area contributed by atoms with Crippen LogP contribution in [0.1, 0.15) is 43.7 Å². The van der Waals surface area contributed by atoms with E-state index in [4.69, 9.17) is 18.9 Å². The molecule has 0 spiro atoms. The normalized spacial score (nSPS) is 11.5. The van der Waals surface area contributed by atoms with Crippen molar-refractivity contribution in [1.29, 1.82) is 0 Å². The maximum absolute atomic E-state index is 13.6. The van der Waals surface area contributed by atoms with E-state index in [1.807, 2.05) is 0 Å². The first-order valence-electron chi connectivity index (χ1n) is 11.1. The fourth-order valence-corrected chi connectivity index (χ4v) is 4.00. The largest absolute Gasteiger partial charge is 0.469 e. The van der Waals surface area contributed by atoms with Crippen molar-refractivity contribution in [3.05, 3.63) is 68.1 Å². The molecule has 0 heterocycles. The first kappa shape index (κ1) is 33.3. The van der Waals surface area contributed by atoms with Gasteiger partial charge in [0, 0.05) is 58.8 Å². The van der Waals surface area contributed by atoms with E-state index in [-0.39, 0.29) is 24.6 Å². The molecule has 0 aliphatic rings. The fraction of sp³-hybridized carbons (Fsp3) is 0.462. The van der Waals surface area contributed by atoms with Gasteiger partial charge in [0.05, 0.1) is 22.5 Å². The second-order valence-corrected chi connectivity index (χ2v) is 9.57. The molecular formula is C26H32Br2F2O7. The zero-order valence-electron chi connectivity index (χ0n) is 21.7. The molecule has 7 nitrogen and oxygen atoms in total. The topological polar surface area (TPSA) is 80.3 Å². The lowest BCUT2D eigenvalue weighted by Crippen LogP contribution is -2.32. The van der Waals surface area contributed by atoms with Crippen LogP contribution in [0.2, 0.25) is 0 Å². The number of methoxy groups -OCH3 is 5. The number of Topliss-reactive ketones (excluding diaryl/α,β-unsaturated/α-hetero) is 1. The number of hydrogen-bond donors (Lipinski definition) is 0. The van der Waals surface area contributed by atoms with E-state index in [1.54, 1.807) is 24.3 Å². The Morgan fingerprint density at radius 2 is 1.11 bits per heavy atom. The molecule has 0 aliphatic heterocycles. The van der Waals surface area contributed by atoms with Gasteiger partial charge in [0.15, 0.2) is 11.6 Å². The van der Waals surface area contributed by atoms with E-state index in [0.29, 0.717) is 32.9 Å². The van der Waals surface area contributed by atoms with Gasteiger partial charge < -0.3 is 28.5 Å². The second-order valence-electron chi connectivity index (χ2n) is 7.86. The van der Waals surface area contributed by atoms with Crippen molar-refractivity contribution in [2.45, 2.75) is 44.2 Å². The number of benzene rings is 2. The zero-order valence-corrected chi connectivity index (χ0v) is 24.8. The van der Waals surface area contributed by atoms with Gasteiger partial charge in [-0.3, -0.25) is 4.79 Å². The Balaban J connectivity index is 0.000000371. The Morgan fingerprint density at radius 3 is 1.41 bits per heavy atom. The number of ether oxygens (including phenoxy) is 5. The van der Waals surface area contributed by atoms with Crippen LogP contribution in [0.3, 0.4) is 0 Å². The van der Waals surface area contributed by atoms with Gasteiger partial charge in [-0.1, -0.05) is 12.1 Å². The standard InChI is InChI=1S/C13H16BrFO4.C13H16BrFO3/c1-17-12(16)6-7-13(18-2,19-3)9-4-5-10(14)11(15)8-9;1-9(16)6-7-13(17-2,18-3)10-4-5-11(14)12(15)8-10/h4-5,8H,6-7H2,1-3H3;4-5,8H,6-7H2,1-3H3. The Hall–Kier alpha value is -1.76. The molecule has 0 aromatic heterocycles. The van der Waals surface area contributed by atoms with Gasteiger partial charge in [0.25, 0.3) is 0 Å². The van der Waals surface area contributed by atoms with E-state index in [0.717, 1.165) is 0 Å². The summed E-state index contributed by atoms with van der Waals surface area (Å²) in [7, 11) is 7.15. The maximum atomic E-state index is 13.6. The van der Waals surface area contributed by atoms with Gasteiger partial charge in [0.2, 0.25) is 0 Å². The van der Waals surface area contributed by atoms with Crippen molar-refractivity contribution in [2.24, 2.45) is 0 Å². The summed E-state index contributed by atoms with van der Waals surface area (Å²) in [6, 6.07) is 9.20. The average Bonchev–Trinajstić information content (AvgIpc) is 2.89. The predicted octanol–water partition coefficient (Wildman–Crippen LogP) is 6.39. The first-order chi connectivity index (χ1) is 17.4. The number of halogens is 4. The first-order valence-corrected chi connectivity index (χ1v) is 12.7. The lowest BCUT2D eigenvalue weighted by atomic mass is 9.99. The minimum absolute atomic E-state index is 0.0334. The average molecular weight is 654 g/mol. The minimum atomic E-state index is -1.17. The molecule has 0 fully saturated rings. The lowest BCUT2D eigenvalue weighted by Gasteiger charge is -2.31. The van der Waals surface area contributed by atoms with E-state index in [9.17, 15) is 18.4 Å². The summed E-state index contributed by atoms with van der Waals surface area (Å²) in [6.45, 7) is 1.50. The molecule has 0 bridgehead atoms. The third-order valence-electron chi connectivity index (χ3n) is 5.73. The molecule has 11 heteroatoms. The SMILES string of the molecule is COC(=O)CCC(OC)(OC)c1ccc(Br)c(F)c1.COC(CCC(C)=O)(OC)c1ccc(Br)c(F)c1. The molecule has 0 saturated heterocycles. The van der Waals surface area contributed by atoms with Gasteiger partial charge in [0.1, 0.15) is 17.4 Å². The van der Waals surface area contributed by atoms with Crippen molar-refractivity contribution in [2.75, 3.05) is 35.5 Å². The maximum Gasteiger partial charge on any atom is 0.305 e. The molecule has 0 N–H and O–H groups in total. The summed E-state index contributed by atoms with van der Waals surface area (Å²) in [5, 5.41) is 0. The summed E-state index contributed by atoms with van der Waals surface area (Å²) in [5.74, 6) is -3.42. The summed E-state index contributed by atoms with van der Waals surface area (Å²) in [5.41, 5.74) is 1.05. The van der Waals surface area contributed by atoms with Crippen LogP contribution >= 0.6 is 31.9 Å². The smallest absolute Gasteiger partial charge is 0.305 e. The van der Waals surface area contributed by atoms with Crippen LogP contribution in [0.5, 0.6) is 0 Å². The van der Waals surface area contributed by atoms with Crippen molar-refractivity contribution in [3.63, 3.8) is 0 Å². The van der Waals surface area contributed by atoms with Crippen LogP contribution in [0.4, 0.5) is 8.78 Å². The number of ketones is 1. The van der Waals surface area contributed by atoms with Crippen molar-refractivity contribution < 1.29 is 42.1 Å². The molecular weight excluding hydrogens is 622 g/mol. The van der Waals surface area contributed by atoms with Gasteiger partial charge in [-0.2, -0.15) is 0 Å². The van der Waals surface area contributed by atoms with Crippen molar-refractivity contribution in [3.8, 4) is 0 Å². The van der Waals surface area contributed by atoms with Crippen molar-refractivity contribution >= 4 is 43.6 Å². The van der Waals surface area contributed by atoms with E-state index in [2.05, 4.69) is 36.6 Å². The predicted molar refractivity (Wildman–Crippen MR) is 141 cm³/mol. The monoisotopic (exact) mass is 652 g/mol. The molecule has 2 aromatic rings. The Kier molecular flexibility index (Phi) is 14.0. The van der Waals surface area contributed by atoms with Crippen LogP contribution in [-0.4, -0.2) is 47.3 Å². The van der Waals surface area contributed by atoms with Crippen LogP contribution < -0.4 is 0 Å². The van der Waals surface area contributed by atoms with Gasteiger partial charge in [-0.05, 0) is 63.0 Å². The molecule has 206 valence electrons. The number of esters is 1. The number of hydrogen-bond acceptors (Lipinski definition) is 7. The summed E-state index contributed by atoms with van der Waals surface area (Å²) in [4.78, 5) is 22.3. The Morgan fingerprint density at radius 1 is 0.730 bits per heavy atom. The zero-order chi connectivity index (χ0) is 28.2. The number of carbonyl (C=O) groups is 2. The second kappa shape index (κ2) is 15.6. The molecule has 0 radical (unpaired) electrons. The van der Waals surface area contributed by atoms with Crippen LogP contribution in [0.25, 0.3) is 0 Å². The number of rotatable bonds is 12. The quantitative estimate of drug-likeness (QED) is 0.194.